The Balaban J connectivity index is 2.12. The molecular weight excluding hydrogens is 215 g/mol. The van der Waals surface area contributed by atoms with Gasteiger partial charge in [-0.2, -0.15) is 0 Å². The molecule has 1 aliphatic rings. The highest BCUT2D eigenvalue weighted by molar-refractivity contribution is 5.46. The summed E-state index contributed by atoms with van der Waals surface area (Å²) in [7, 11) is 0. The van der Waals surface area contributed by atoms with Gasteiger partial charge in [0.2, 0.25) is 0 Å². The molecule has 0 aromatic heterocycles. The number of anilines is 1. The molecule has 1 unspecified atom stereocenters. The van der Waals surface area contributed by atoms with Crippen LogP contribution in [0.4, 0.5) is 10.1 Å². The van der Waals surface area contributed by atoms with Crippen molar-refractivity contribution in [1.82, 2.24) is 0 Å². The molecule has 0 spiro atoms. The van der Waals surface area contributed by atoms with Crippen molar-refractivity contribution in [1.29, 1.82) is 0 Å². The first-order valence-corrected chi connectivity index (χ1v) is 6.23. The molecule has 1 atom stereocenters. The van der Waals surface area contributed by atoms with Gasteiger partial charge in [0.15, 0.2) is 0 Å². The van der Waals surface area contributed by atoms with Crippen molar-refractivity contribution in [3.63, 3.8) is 0 Å². The summed E-state index contributed by atoms with van der Waals surface area (Å²) in [5, 5.41) is 0. The Labute approximate surface area is 103 Å². The van der Waals surface area contributed by atoms with Gasteiger partial charge in [-0.05, 0) is 48.6 Å². The fourth-order valence-electron chi connectivity index (χ4n) is 2.51. The van der Waals surface area contributed by atoms with Crippen LogP contribution in [0.1, 0.15) is 20.3 Å². The molecule has 1 heterocycles. The molecule has 0 amide bonds. The van der Waals surface area contributed by atoms with E-state index in [-0.39, 0.29) is 5.82 Å². The van der Waals surface area contributed by atoms with Crippen LogP contribution in [0.5, 0.6) is 0 Å². The molecule has 17 heavy (non-hydrogen) atoms. The largest absolute Gasteiger partial charge is 0.371 e. The Bertz CT molecular complexity index is 372. The van der Waals surface area contributed by atoms with E-state index in [1.54, 1.807) is 0 Å². The van der Waals surface area contributed by atoms with E-state index in [1.807, 2.05) is 12.1 Å². The van der Waals surface area contributed by atoms with Gasteiger partial charge in [-0.3, -0.25) is 0 Å². The van der Waals surface area contributed by atoms with Crippen LogP contribution in [0.2, 0.25) is 0 Å². The van der Waals surface area contributed by atoms with Crippen LogP contribution in [0.3, 0.4) is 0 Å². The fourth-order valence-corrected chi connectivity index (χ4v) is 2.51. The average molecular weight is 236 g/mol. The summed E-state index contributed by atoms with van der Waals surface area (Å²) in [5.41, 5.74) is 7.26. The highest BCUT2D eigenvalue weighted by atomic mass is 19.1. The van der Waals surface area contributed by atoms with Crippen molar-refractivity contribution < 1.29 is 4.39 Å². The molecule has 0 saturated carbocycles. The summed E-state index contributed by atoms with van der Waals surface area (Å²) >= 11 is 0. The molecule has 94 valence electrons. The van der Waals surface area contributed by atoms with Crippen molar-refractivity contribution in [2.45, 2.75) is 20.3 Å². The molecule has 2 N–H and O–H groups in total. The van der Waals surface area contributed by atoms with E-state index in [2.05, 4.69) is 18.7 Å². The minimum absolute atomic E-state index is 0.179. The van der Waals surface area contributed by atoms with E-state index in [4.69, 9.17) is 5.73 Å². The van der Waals surface area contributed by atoms with Crippen molar-refractivity contribution in [3.8, 4) is 0 Å². The number of benzene rings is 1. The van der Waals surface area contributed by atoms with Gasteiger partial charge in [0.05, 0.1) is 0 Å². The van der Waals surface area contributed by atoms with Gasteiger partial charge >= 0.3 is 0 Å². The second-order valence-electron chi connectivity index (χ2n) is 5.59. The first-order chi connectivity index (χ1) is 8.03. The van der Waals surface area contributed by atoms with Gasteiger partial charge in [0.1, 0.15) is 5.82 Å². The smallest absolute Gasteiger partial charge is 0.123 e. The predicted molar refractivity (Wildman–Crippen MR) is 69.6 cm³/mol. The Morgan fingerprint density at radius 3 is 2.59 bits per heavy atom. The van der Waals surface area contributed by atoms with Gasteiger partial charge in [-0.25, -0.2) is 4.39 Å². The topological polar surface area (TPSA) is 29.3 Å². The molecule has 1 aromatic rings. The maximum atomic E-state index is 12.9. The minimum Gasteiger partial charge on any atom is -0.371 e. The Morgan fingerprint density at radius 2 is 2.00 bits per heavy atom. The third-order valence-corrected chi connectivity index (χ3v) is 4.05. The van der Waals surface area contributed by atoms with Crippen LogP contribution in [0.15, 0.2) is 24.3 Å². The molecule has 0 radical (unpaired) electrons. The lowest BCUT2D eigenvalue weighted by molar-refractivity contribution is 0.177. The lowest BCUT2D eigenvalue weighted by Crippen LogP contribution is -2.47. The van der Waals surface area contributed by atoms with Gasteiger partial charge in [0.25, 0.3) is 0 Å². The summed E-state index contributed by atoms with van der Waals surface area (Å²) in [6.45, 7) is 7.27. The normalized spacial score (nSPS) is 23.8. The van der Waals surface area contributed by atoms with E-state index in [1.165, 1.54) is 12.1 Å². The van der Waals surface area contributed by atoms with E-state index >= 15 is 0 Å². The maximum absolute atomic E-state index is 12.9. The van der Waals surface area contributed by atoms with Gasteiger partial charge in [-0.15, -0.1) is 0 Å². The summed E-state index contributed by atoms with van der Waals surface area (Å²) in [6.07, 6.45) is 1.13. The Hall–Kier alpha value is -1.09. The zero-order valence-corrected chi connectivity index (χ0v) is 10.6. The third kappa shape index (κ3) is 2.60. The van der Waals surface area contributed by atoms with E-state index in [0.29, 0.717) is 17.9 Å². The number of nitrogens with two attached hydrogens (primary N) is 1. The number of halogens is 1. The highest BCUT2D eigenvalue weighted by Gasteiger charge is 2.34. The molecule has 3 heteroatoms. The Kier molecular flexibility index (Phi) is 3.38. The summed E-state index contributed by atoms with van der Waals surface area (Å²) in [4.78, 5) is 2.31. The van der Waals surface area contributed by atoms with Crippen LogP contribution in [-0.2, 0) is 0 Å². The summed E-state index contributed by atoms with van der Waals surface area (Å²) in [5.74, 6) is 0.322. The SMILES string of the molecule is CC1(C)CCN(c2ccc(F)cc2)CC1CN. The third-order valence-electron chi connectivity index (χ3n) is 4.05. The lowest BCUT2D eigenvalue weighted by atomic mass is 9.73. The molecule has 0 bridgehead atoms. The monoisotopic (exact) mass is 236 g/mol. The van der Waals surface area contributed by atoms with Crippen LogP contribution >= 0.6 is 0 Å². The second kappa shape index (κ2) is 4.65. The van der Waals surface area contributed by atoms with Crippen LogP contribution in [-0.4, -0.2) is 19.6 Å². The number of nitrogens with zero attached hydrogens (tertiary/aromatic N) is 1. The standard InChI is InChI=1S/C14H21FN2/c1-14(2)7-8-17(10-11(14)9-16)13-5-3-12(15)4-6-13/h3-6,11H,7-10,16H2,1-2H3. The van der Waals surface area contributed by atoms with E-state index in [0.717, 1.165) is 25.2 Å². The molecule has 1 fully saturated rings. The Morgan fingerprint density at radius 1 is 1.35 bits per heavy atom. The fraction of sp³-hybridized carbons (Fsp3) is 0.571. The van der Waals surface area contributed by atoms with Gasteiger partial charge in [-0.1, -0.05) is 13.8 Å². The molecule has 1 aromatic carbocycles. The minimum atomic E-state index is -0.179. The van der Waals surface area contributed by atoms with Gasteiger partial charge in [0, 0.05) is 18.8 Å². The maximum Gasteiger partial charge on any atom is 0.123 e. The quantitative estimate of drug-likeness (QED) is 0.855. The highest BCUT2D eigenvalue weighted by Crippen LogP contribution is 2.36. The molecule has 2 nitrogen and oxygen atoms in total. The molecular formula is C14H21FN2. The predicted octanol–water partition coefficient (Wildman–Crippen LogP) is 2.64. The van der Waals surface area contributed by atoms with Gasteiger partial charge < -0.3 is 10.6 Å². The zero-order valence-electron chi connectivity index (χ0n) is 10.6. The van der Waals surface area contributed by atoms with Crippen molar-refractivity contribution >= 4 is 5.69 Å². The summed E-state index contributed by atoms with van der Waals surface area (Å²) in [6, 6.07) is 6.74. The van der Waals surface area contributed by atoms with Crippen molar-refractivity contribution in [2.75, 3.05) is 24.5 Å². The number of piperidine rings is 1. The molecule has 1 aliphatic heterocycles. The van der Waals surface area contributed by atoms with E-state index < -0.39 is 0 Å². The van der Waals surface area contributed by atoms with E-state index in [9.17, 15) is 4.39 Å². The first kappa shape index (κ1) is 12.4. The summed E-state index contributed by atoms with van der Waals surface area (Å²) < 4.78 is 12.9. The van der Waals surface area contributed by atoms with Crippen LogP contribution in [0, 0.1) is 17.2 Å². The van der Waals surface area contributed by atoms with Crippen molar-refractivity contribution in [3.05, 3.63) is 30.1 Å². The zero-order chi connectivity index (χ0) is 12.5. The number of hydrogen-bond donors (Lipinski definition) is 1. The average Bonchev–Trinajstić information content (AvgIpc) is 2.30. The molecule has 2 rings (SSSR count). The molecule has 1 saturated heterocycles. The number of rotatable bonds is 2. The number of hydrogen-bond acceptors (Lipinski definition) is 2. The molecule has 0 aliphatic carbocycles. The van der Waals surface area contributed by atoms with Crippen LogP contribution < -0.4 is 10.6 Å². The second-order valence-corrected chi connectivity index (χ2v) is 5.59. The van der Waals surface area contributed by atoms with Crippen molar-refractivity contribution in [2.24, 2.45) is 17.1 Å². The first-order valence-electron chi connectivity index (χ1n) is 6.23. The van der Waals surface area contributed by atoms with Crippen LogP contribution in [0.25, 0.3) is 0 Å². The lowest BCUT2D eigenvalue weighted by Gasteiger charge is -2.44.